The third-order valence-electron chi connectivity index (χ3n) is 3.88. The van der Waals surface area contributed by atoms with Crippen LogP contribution in [0.2, 0.25) is 0 Å². The van der Waals surface area contributed by atoms with E-state index >= 15 is 0 Å². The molecule has 0 aliphatic carbocycles. The molecule has 1 aromatic carbocycles. The Bertz CT molecular complexity index is 562. The molecule has 0 atom stereocenters. The molecule has 2 heterocycles. The second kappa shape index (κ2) is 6.53. The van der Waals surface area contributed by atoms with E-state index in [1.807, 2.05) is 18.4 Å². The highest BCUT2D eigenvalue weighted by Gasteiger charge is 2.14. The maximum atomic E-state index is 3.22. The van der Waals surface area contributed by atoms with Crippen LogP contribution >= 0.6 is 11.3 Å². The Morgan fingerprint density at radius 3 is 2.75 bits per heavy atom. The van der Waals surface area contributed by atoms with Crippen LogP contribution in [0.3, 0.4) is 0 Å². The second-order valence-corrected chi connectivity index (χ2v) is 6.73. The summed E-state index contributed by atoms with van der Waals surface area (Å²) in [6.45, 7) is 4.36. The SMILES string of the molecule is CNCc1ccc(CN2CCCc3ccccc3C2)s1. The average Bonchev–Trinajstić information content (AvgIpc) is 2.78. The van der Waals surface area contributed by atoms with Gasteiger partial charge in [-0.2, -0.15) is 0 Å². The molecule has 1 aliphatic rings. The van der Waals surface area contributed by atoms with Crippen LogP contribution in [0, 0.1) is 0 Å². The summed E-state index contributed by atoms with van der Waals surface area (Å²) in [6.07, 6.45) is 2.49. The Kier molecular flexibility index (Phi) is 4.51. The smallest absolute Gasteiger partial charge is 0.0331 e. The molecule has 0 amide bonds. The lowest BCUT2D eigenvalue weighted by Crippen LogP contribution is -2.22. The lowest BCUT2D eigenvalue weighted by Gasteiger charge is -2.19. The summed E-state index contributed by atoms with van der Waals surface area (Å²) in [6, 6.07) is 13.4. The minimum atomic E-state index is 0.980. The van der Waals surface area contributed by atoms with E-state index < -0.39 is 0 Å². The van der Waals surface area contributed by atoms with Crippen molar-refractivity contribution in [1.29, 1.82) is 0 Å². The van der Waals surface area contributed by atoms with Crippen LogP contribution < -0.4 is 5.32 Å². The Morgan fingerprint density at radius 1 is 1.10 bits per heavy atom. The first kappa shape index (κ1) is 13.8. The molecule has 20 heavy (non-hydrogen) atoms. The maximum absolute atomic E-state index is 3.22. The summed E-state index contributed by atoms with van der Waals surface area (Å²) in [5.41, 5.74) is 3.05. The molecule has 0 bridgehead atoms. The summed E-state index contributed by atoms with van der Waals surface area (Å²) >= 11 is 1.94. The predicted molar refractivity (Wildman–Crippen MR) is 86.0 cm³/mol. The van der Waals surface area contributed by atoms with Crippen molar-refractivity contribution >= 4 is 11.3 Å². The maximum Gasteiger partial charge on any atom is 0.0331 e. The van der Waals surface area contributed by atoms with Crippen molar-refractivity contribution in [3.63, 3.8) is 0 Å². The number of fused-ring (bicyclic) bond motifs is 1. The summed E-state index contributed by atoms with van der Waals surface area (Å²) in [5, 5.41) is 3.22. The summed E-state index contributed by atoms with van der Waals surface area (Å²) in [5.74, 6) is 0. The zero-order valence-electron chi connectivity index (χ0n) is 12.1. The van der Waals surface area contributed by atoms with Gasteiger partial charge in [0.05, 0.1) is 0 Å². The number of hydrogen-bond acceptors (Lipinski definition) is 3. The molecular weight excluding hydrogens is 264 g/mol. The van der Waals surface area contributed by atoms with Crippen LogP contribution in [0.15, 0.2) is 36.4 Å². The molecule has 3 heteroatoms. The molecule has 0 saturated heterocycles. The van der Waals surface area contributed by atoms with Crippen LogP contribution in [-0.4, -0.2) is 18.5 Å². The van der Waals surface area contributed by atoms with Crippen molar-refractivity contribution in [3.8, 4) is 0 Å². The van der Waals surface area contributed by atoms with E-state index in [-0.39, 0.29) is 0 Å². The monoisotopic (exact) mass is 286 g/mol. The van der Waals surface area contributed by atoms with E-state index in [2.05, 4.69) is 46.6 Å². The summed E-state index contributed by atoms with van der Waals surface area (Å²) in [4.78, 5) is 5.49. The second-order valence-electron chi connectivity index (χ2n) is 5.48. The van der Waals surface area contributed by atoms with Crippen LogP contribution in [0.1, 0.15) is 27.3 Å². The van der Waals surface area contributed by atoms with Gasteiger partial charge in [-0.05, 0) is 49.7 Å². The first-order valence-corrected chi connectivity index (χ1v) is 8.18. The van der Waals surface area contributed by atoms with Gasteiger partial charge in [0.1, 0.15) is 0 Å². The van der Waals surface area contributed by atoms with Gasteiger partial charge in [0.15, 0.2) is 0 Å². The fourth-order valence-electron chi connectivity index (χ4n) is 2.90. The standard InChI is InChI=1S/C17H22N2S/c1-18-11-16-8-9-17(20-16)13-19-10-4-7-14-5-2-3-6-15(14)12-19/h2-3,5-6,8-9,18H,4,7,10-13H2,1H3. The molecule has 1 aliphatic heterocycles. The van der Waals surface area contributed by atoms with Crippen molar-refractivity contribution in [2.24, 2.45) is 0 Å². The Balaban J connectivity index is 1.68. The van der Waals surface area contributed by atoms with E-state index in [1.165, 1.54) is 40.3 Å². The number of aryl methyl sites for hydroxylation is 1. The topological polar surface area (TPSA) is 15.3 Å². The first-order chi connectivity index (χ1) is 9.85. The van der Waals surface area contributed by atoms with Crippen LogP contribution in [-0.2, 0) is 26.1 Å². The van der Waals surface area contributed by atoms with Crippen molar-refractivity contribution in [3.05, 3.63) is 57.3 Å². The molecular formula is C17H22N2S. The van der Waals surface area contributed by atoms with Gasteiger partial charge in [0, 0.05) is 29.4 Å². The zero-order valence-corrected chi connectivity index (χ0v) is 12.9. The number of benzene rings is 1. The number of rotatable bonds is 4. The summed E-state index contributed by atoms with van der Waals surface area (Å²) < 4.78 is 0. The Hall–Kier alpha value is -1.16. The third kappa shape index (κ3) is 3.29. The lowest BCUT2D eigenvalue weighted by atomic mass is 10.0. The molecule has 1 N–H and O–H groups in total. The quantitative estimate of drug-likeness (QED) is 0.926. The number of hydrogen-bond donors (Lipinski definition) is 1. The van der Waals surface area contributed by atoms with Crippen molar-refractivity contribution in [1.82, 2.24) is 10.2 Å². The van der Waals surface area contributed by atoms with E-state index in [4.69, 9.17) is 0 Å². The molecule has 1 aromatic heterocycles. The highest BCUT2D eigenvalue weighted by molar-refractivity contribution is 7.11. The van der Waals surface area contributed by atoms with Gasteiger partial charge in [-0.1, -0.05) is 24.3 Å². The molecule has 2 nitrogen and oxygen atoms in total. The predicted octanol–water partition coefficient (Wildman–Crippen LogP) is 3.42. The fourth-order valence-corrected chi connectivity index (χ4v) is 3.97. The van der Waals surface area contributed by atoms with Gasteiger partial charge in [-0.25, -0.2) is 0 Å². The molecule has 0 radical (unpaired) electrons. The molecule has 0 unspecified atom stereocenters. The van der Waals surface area contributed by atoms with E-state index in [9.17, 15) is 0 Å². The van der Waals surface area contributed by atoms with Crippen molar-refractivity contribution in [2.45, 2.75) is 32.5 Å². The molecule has 106 valence electrons. The van der Waals surface area contributed by atoms with Gasteiger partial charge in [0.2, 0.25) is 0 Å². The van der Waals surface area contributed by atoms with Crippen LogP contribution in [0.5, 0.6) is 0 Å². The number of nitrogens with zero attached hydrogens (tertiary/aromatic N) is 1. The third-order valence-corrected chi connectivity index (χ3v) is 4.95. The van der Waals surface area contributed by atoms with Crippen molar-refractivity contribution < 1.29 is 0 Å². The van der Waals surface area contributed by atoms with Crippen molar-refractivity contribution in [2.75, 3.05) is 13.6 Å². The van der Waals surface area contributed by atoms with E-state index in [0.717, 1.165) is 19.6 Å². The van der Waals surface area contributed by atoms with Gasteiger partial charge in [0.25, 0.3) is 0 Å². The van der Waals surface area contributed by atoms with Gasteiger partial charge >= 0.3 is 0 Å². The number of nitrogens with one attached hydrogen (secondary N) is 1. The van der Waals surface area contributed by atoms with E-state index in [0.29, 0.717) is 0 Å². The molecule has 0 fully saturated rings. The first-order valence-electron chi connectivity index (χ1n) is 7.36. The Labute approximate surface area is 125 Å². The van der Waals surface area contributed by atoms with Gasteiger partial charge < -0.3 is 5.32 Å². The minimum absolute atomic E-state index is 0.980. The van der Waals surface area contributed by atoms with Crippen LogP contribution in [0.4, 0.5) is 0 Å². The Morgan fingerprint density at radius 2 is 1.90 bits per heavy atom. The molecule has 3 rings (SSSR count). The average molecular weight is 286 g/mol. The summed E-state index contributed by atoms with van der Waals surface area (Å²) in [7, 11) is 2.01. The minimum Gasteiger partial charge on any atom is -0.315 e. The van der Waals surface area contributed by atoms with Gasteiger partial charge in [-0.15, -0.1) is 11.3 Å². The highest BCUT2D eigenvalue weighted by atomic mass is 32.1. The molecule has 2 aromatic rings. The highest BCUT2D eigenvalue weighted by Crippen LogP contribution is 2.23. The normalized spacial score (nSPS) is 15.8. The van der Waals surface area contributed by atoms with Gasteiger partial charge in [-0.3, -0.25) is 4.90 Å². The van der Waals surface area contributed by atoms with E-state index in [1.54, 1.807) is 0 Å². The molecule has 0 spiro atoms. The fraction of sp³-hybridized carbons (Fsp3) is 0.412. The lowest BCUT2D eigenvalue weighted by molar-refractivity contribution is 0.263. The largest absolute Gasteiger partial charge is 0.315 e. The molecule has 0 saturated carbocycles. The number of thiophene rings is 1. The van der Waals surface area contributed by atoms with Crippen LogP contribution in [0.25, 0.3) is 0 Å². The zero-order chi connectivity index (χ0) is 13.8.